The van der Waals surface area contributed by atoms with Crippen LogP contribution < -0.4 is 15.0 Å². The van der Waals surface area contributed by atoms with Gasteiger partial charge in [-0.2, -0.15) is 0 Å². The van der Waals surface area contributed by atoms with Gasteiger partial charge in [-0.25, -0.2) is 4.98 Å². The van der Waals surface area contributed by atoms with Crippen molar-refractivity contribution in [3.63, 3.8) is 0 Å². The number of pyridine rings is 1. The fourth-order valence-corrected chi connectivity index (χ4v) is 3.87. The summed E-state index contributed by atoms with van der Waals surface area (Å²) in [7, 11) is 2.18. The Balaban J connectivity index is 1.29. The van der Waals surface area contributed by atoms with Gasteiger partial charge in [0.2, 0.25) is 0 Å². The molecule has 2 aliphatic rings. The topological polar surface area (TPSA) is 40.6 Å². The van der Waals surface area contributed by atoms with E-state index in [1.165, 1.54) is 16.7 Å². The standard InChI is InChI=1S/C22H30N4O/c1-22(2)13-19-12-17(4-6-20(19)27-22)14-23-15-18-5-7-21(24-16-18)26-10-8-25(3)9-11-26/h4-7,12,16,23H,8-11,13-15H2,1-3H3. The predicted octanol–water partition coefficient (Wildman–Crippen LogP) is 2.84. The van der Waals surface area contributed by atoms with Crippen LogP contribution in [0, 0.1) is 0 Å². The predicted molar refractivity (Wildman–Crippen MR) is 109 cm³/mol. The van der Waals surface area contributed by atoms with Crippen molar-refractivity contribution in [1.82, 2.24) is 15.2 Å². The van der Waals surface area contributed by atoms with Crippen molar-refractivity contribution in [2.24, 2.45) is 0 Å². The van der Waals surface area contributed by atoms with Crippen LogP contribution in [-0.2, 0) is 19.5 Å². The Morgan fingerprint density at radius 3 is 2.52 bits per heavy atom. The van der Waals surface area contributed by atoms with Crippen molar-refractivity contribution in [1.29, 1.82) is 0 Å². The molecule has 5 heteroatoms. The van der Waals surface area contributed by atoms with Gasteiger partial charge in [0.1, 0.15) is 17.2 Å². The maximum atomic E-state index is 5.95. The van der Waals surface area contributed by atoms with E-state index in [4.69, 9.17) is 4.74 Å². The first kappa shape index (κ1) is 18.3. The summed E-state index contributed by atoms with van der Waals surface area (Å²) in [5.74, 6) is 2.13. The van der Waals surface area contributed by atoms with E-state index in [9.17, 15) is 0 Å². The summed E-state index contributed by atoms with van der Waals surface area (Å²) in [4.78, 5) is 9.40. The molecule has 0 atom stereocenters. The summed E-state index contributed by atoms with van der Waals surface area (Å²) in [5, 5.41) is 3.53. The maximum absolute atomic E-state index is 5.95. The summed E-state index contributed by atoms with van der Waals surface area (Å²) < 4.78 is 5.95. The molecule has 3 heterocycles. The fraction of sp³-hybridized carbons (Fsp3) is 0.500. The molecule has 0 aliphatic carbocycles. The van der Waals surface area contributed by atoms with Crippen LogP contribution in [0.3, 0.4) is 0 Å². The Kier molecular flexibility index (Phi) is 5.06. The molecular formula is C22H30N4O. The molecule has 0 amide bonds. The molecule has 0 saturated carbocycles. The van der Waals surface area contributed by atoms with Crippen LogP contribution in [0.15, 0.2) is 36.5 Å². The minimum Gasteiger partial charge on any atom is -0.487 e. The molecule has 144 valence electrons. The highest BCUT2D eigenvalue weighted by Gasteiger charge is 2.29. The third kappa shape index (κ3) is 4.42. The molecule has 0 spiro atoms. The van der Waals surface area contributed by atoms with Gasteiger partial charge in [0.05, 0.1) is 0 Å². The lowest BCUT2D eigenvalue weighted by atomic mass is 10.0. The molecule has 1 N–H and O–H groups in total. The molecule has 2 aliphatic heterocycles. The molecule has 5 nitrogen and oxygen atoms in total. The molecule has 4 rings (SSSR count). The van der Waals surface area contributed by atoms with Gasteiger partial charge < -0.3 is 19.9 Å². The van der Waals surface area contributed by atoms with Crippen LogP contribution in [0.25, 0.3) is 0 Å². The van der Waals surface area contributed by atoms with E-state index in [1.54, 1.807) is 0 Å². The number of hydrogen-bond donors (Lipinski definition) is 1. The van der Waals surface area contributed by atoms with E-state index in [1.807, 2.05) is 6.20 Å². The van der Waals surface area contributed by atoms with E-state index in [0.29, 0.717) is 0 Å². The summed E-state index contributed by atoms with van der Waals surface area (Å²) in [6, 6.07) is 10.9. The Labute approximate surface area is 162 Å². The molecule has 1 aromatic heterocycles. The monoisotopic (exact) mass is 366 g/mol. The highest BCUT2D eigenvalue weighted by atomic mass is 16.5. The van der Waals surface area contributed by atoms with Crippen LogP contribution in [0.4, 0.5) is 5.82 Å². The van der Waals surface area contributed by atoms with Gasteiger partial charge in [-0.15, -0.1) is 0 Å². The van der Waals surface area contributed by atoms with Crippen molar-refractivity contribution in [2.45, 2.75) is 39.0 Å². The van der Waals surface area contributed by atoms with Crippen molar-refractivity contribution < 1.29 is 4.74 Å². The van der Waals surface area contributed by atoms with Gasteiger partial charge in [-0.05, 0) is 49.7 Å². The van der Waals surface area contributed by atoms with Crippen LogP contribution in [0.1, 0.15) is 30.5 Å². The molecule has 1 saturated heterocycles. The second-order valence-corrected chi connectivity index (χ2v) is 8.40. The summed E-state index contributed by atoms with van der Waals surface area (Å²) in [6.07, 6.45) is 2.98. The van der Waals surface area contributed by atoms with E-state index in [2.05, 4.69) is 71.3 Å². The number of aromatic nitrogens is 1. The lowest BCUT2D eigenvalue weighted by molar-refractivity contribution is 0.138. The van der Waals surface area contributed by atoms with E-state index < -0.39 is 0 Å². The Morgan fingerprint density at radius 2 is 1.78 bits per heavy atom. The molecule has 1 aromatic carbocycles. The zero-order valence-electron chi connectivity index (χ0n) is 16.7. The highest BCUT2D eigenvalue weighted by Crippen LogP contribution is 2.35. The zero-order chi connectivity index (χ0) is 18.9. The smallest absolute Gasteiger partial charge is 0.128 e. The molecule has 27 heavy (non-hydrogen) atoms. The molecule has 2 aromatic rings. The summed E-state index contributed by atoms with van der Waals surface area (Å²) in [6.45, 7) is 10.3. The van der Waals surface area contributed by atoms with Crippen molar-refractivity contribution in [2.75, 3.05) is 38.1 Å². The van der Waals surface area contributed by atoms with Crippen molar-refractivity contribution >= 4 is 5.82 Å². The lowest BCUT2D eigenvalue weighted by Crippen LogP contribution is -2.44. The first-order chi connectivity index (χ1) is 13.0. The number of piperazine rings is 1. The quantitative estimate of drug-likeness (QED) is 0.881. The lowest BCUT2D eigenvalue weighted by Gasteiger charge is -2.33. The van der Waals surface area contributed by atoms with E-state index in [0.717, 1.165) is 57.3 Å². The first-order valence-corrected chi connectivity index (χ1v) is 9.88. The van der Waals surface area contributed by atoms with E-state index in [-0.39, 0.29) is 5.60 Å². The van der Waals surface area contributed by atoms with Gasteiger partial charge in [0.15, 0.2) is 0 Å². The Morgan fingerprint density at radius 1 is 1.04 bits per heavy atom. The van der Waals surface area contributed by atoms with Gasteiger partial charge in [0.25, 0.3) is 0 Å². The second-order valence-electron chi connectivity index (χ2n) is 8.40. The number of hydrogen-bond acceptors (Lipinski definition) is 5. The minimum atomic E-state index is -0.0778. The number of nitrogens with zero attached hydrogens (tertiary/aromatic N) is 3. The number of nitrogens with one attached hydrogen (secondary N) is 1. The third-order valence-corrected chi connectivity index (χ3v) is 5.42. The Bertz CT molecular complexity index is 779. The Hall–Kier alpha value is -2.11. The number of fused-ring (bicyclic) bond motifs is 1. The average Bonchev–Trinajstić information content (AvgIpc) is 2.96. The molecule has 0 bridgehead atoms. The maximum Gasteiger partial charge on any atom is 0.128 e. The van der Waals surface area contributed by atoms with Crippen LogP contribution in [0.2, 0.25) is 0 Å². The largest absolute Gasteiger partial charge is 0.487 e. The average molecular weight is 367 g/mol. The van der Waals surface area contributed by atoms with Gasteiger partial charge in [-0.1, -0.05) is 18.2 Å². The normalized spacial score (nSPS) is 19.0. The molecule has 1 fully saturated rings. The fourth-order valence-electron chi connectivity index (χ4n) is 3.87. The molecule has 0 unspecified atom stereocenters. The number of likely N-dealkylation sites (N-methyl/N-ethyl adjacent to an activating group) is 1. The zero-order valence-corrected chi connectivity index (χ0v) is 16.7. The SMILES string of the molecule is CN1CCN(c2ccc(CNCc3ccc4c(c3)CC(C)(C)O4)cn2)CC1. The van der Waals surface area contributed by atoms with E-state index >= 15 is 0 Å². The molecule has 0 radical (unpaired) electrons. The molecular weight excluding hydrogens is 336 g/mol. The summed E-state index contributed by atoms with van der Waals surface area (Å²) >= 11 is 0. The number of rotatable bonds is 5. The minimum absolute atomic E-state index is 0.0778. The summed E-state index contributed by atoms with van der Waals surface area (Å²) in [5.41, 5.74) is 3.76. The van der Waals surface area contributed by atoms with Crippen LogP contribution in [-0.4, -0.2) is 48.7 Å². The van der Waals surface area contributed by atoms with Crippen LogP contribution in [0.5, 0.6) is 5.75 Å². The van der Waals surface area contributed by atoms with Crippen molar-refractivity contribution in [3.8, 4) is 5.75 Å². The number of ether oxygens (including phenoxy) is 1. The number of anilines is 1. The van der Waals surface area contributed by atoms with Gasteiger partial charge >= 0.3 is 0 Å². The number of benzene rings is 1. The first-order valence-electron chi connectivity index (χ1n) is 9.88. The second kappa shape index (κ2) is 7.49. The van der Waals surface area contributed by atoms with Crippen molar-refractivity contribution in [3.05, 3.63) is 53.2 Å². The third-order valence-electron chi connectivity index (χ3n) is 5.42. The van der Waals surface area contributed by atoms with Gasteiger partial charge in [-0.3, -0.25) is 0 Å². The highest BCUT2D eigenvalue weighted by molar-refractivity contribution is 5.42. The van der Waals surface area contributed by atoms with Crippen LogP contribution >= 0.6 is 0 Å². The van der Waals surface area contributed by atoms with Gasteiger partial charge in [0, 0.05) is 51.9 Å².